The fraction of sp³-hybridized carbons (Fsp3) is 0.385. The molecule has 0 aliphatic carbocycles. The minimum atomic E-state index is -4.92. The molecule has 1 aliphatic rings. The number of nitriles is 1. The van der Waals surface area contributed by atoms with Crippen molar-refractivity contribution in [1.29, 1.82) is 5.26 Å². The summed E-state index contributed by atoms with van der Waals surface area (Å²) in [6, 6.07) is 3.86. The van der Waals surface area contributed by atoms with Crippen molar-refractivity contribution in [1.82, 2.24) is 0 Å². The number of cyclic esters (lactones) is 1. The molecule has 3 atom stereocenters. The number of anilines is 1. The molecule has 22 heavy (non-hydrogen) atoms. The molecule has 1 amide bonds. The number of amides is 1. The van der Waals surface area contributed by atoms with Crippen LogP contribution in [-0.2, 0) is 4.74 Å². The fourth-order valence-corrected chi connectivity index (χ4v) is 2.45. The number of carbonyl (C=O) groups excluding carboxylic acids is 1. The summed E-state index contributed by atoms with van der Waals surface area (Å²) in [5, 5.41) is 18.3. The molecular formula is C13H10ClF3N2O3. The Morgan fingerprint density at radius 2 is 2.14 bits per heavy atom. The molecule has 0 unspecified atom stereocenters. The highest BCUT2D eigenvalue weighted by Crippen LogP contribution is 2.35. The molecule has 1 aromatic rings. The van der Waals surface area contributed by atoms with Crippen LogP contribution in [0.1, 0.15) is 12.5 Å². The summed E-state index contributed by atoms with van der Waals surface area (Å²) < 4.78 is 43.1. The molecule has 118 valence electrons. The number of halogens is 4. The van der Waals surface area contributed by atoms with E-state index in [0.717, 1.165) is 0 Å². The number of ether oxygens (including phenoxy) is 1. The Labute approximate surface area is 128 Å². The Morgan fingerprint density at radius 3 is 2.64 bits per heavy atom. The lowest BCUT2D eigenvalue weighted by Crippen LogP contribution is -2.51. The molecule has 1 N–H and O–H groups in total. The maximum atomic E-state index is 12.8. The summed E-state index contributed by atoms with van der Waals surface area (Å²) in [5.74, 6) is 0. The zero-order chi connectivity index (χ0) is 16.7. The van der Waals surface area contributed by atoms with Crippen LogP contribution in [0.3, 0.4) is 0 Å². The van der Waals surface area contributed by atoms with Gasteiger partial charge in [0.2, 0.25) is 0 Å². The molecule has 1 saturated heterocycles. The highest BCUT2D eigenvalue weighted by Gasteiger charge is 2.54. The average Bonchev–Trinajstić information content (AvgIpc) is 2.71. The zero-order valence-corrected chi connectivity index (χ0v) is 11.9. The monoisotopic (exact) mass is 334 g/mol. The highest BCUT2D eigenvalue weighted by molar-refractivity contribution is 6.32. The SMILES string of the molecule is C[C@H]1OC(=O)N(c2ccc(C#N)c(Cl)c2)[C@H]1[C@H](O)C(F)(F)F. The average molecular weight is 335 g/mol. The van der Waals surface area contributed by atoms with Crippen LogP contribution in [0.5, 0.6) is 0 Å². The van der Waals surface area contributed by atoms with Crippen molar-refractivity contribution < 1.29 is 27.8 Å². The van der Waals surface area contributed by atoms with E-state index in [2.05, 4.69) is 0 Å². The molecule has 0 aromatic heterocycles. The van der Waals surface area contributed by atoms with Crippen molar-refractivity contribution >= 4 is 23.4 Å². The first-order valence-electron chi connectivity index (χ1n) is 6.11. The van der Waals surface area contributed by atoms with Crippen molar-refractivity contribution in [3.8, 4) is 6.07 Å². The van der Waals surface area contributed by atoms with Gasteiger partial charge in [-0.05, 0) is 25.1 Å². The molecule has 0 bridgehead atoms. The number of hydrogen-bond donors (Lipinski definition) is 1. The second kappa shape index (κ2) is 5.66. The molecule has 9 heteroatoms. The zero-order valence-electron chi connectivity index (χ0n) is 11.1. The summed E-state index contributed by atoms with van der Waals surface area (Å²) in [7, 11) is 0. The quantitative estimate of drug-likeness (QED) is 0.902. The number of rotatable bonds is 2. The van der Waals surface area contributed by atoms with Gasteiger partial charge in [-0.15, -0.1) is 0 Å². The first-order chi connectivity index (χ1) is 10.2. The summed E-state index contributed by atoms with van der Waals surface area (Å²) in [6.45, 7) is 1.25. The van der Waals surface area contributed by atoms with E-state index in [4.69, 9.17) is 21.6 Å². The minimum absolute atomic E-state index is 0.00616. The van der Waals surface area contributed by atoms with Gasteiger partial charge < -0.3 is 9.84 Å². The van der Waals surface area contributed by atoms with Gasteiger partial charge in [-0.2, -0.15) is 18.4 Å². The van der Waals surface area contributed by atoms with E-state index in [1.54, 1.807) is 6.07 Å². The van der Waals surface area contributed by atoms with Crippen molar-refractivity contribution in [3.63, 3.8) is 0 Å². The maximum absolute atomic E-state index is 12.8. The van der Waals surface area contributed by atoms with E-state index >= 15 is 0 Å². The summed E-state index contributed by atoms with van der Waals surface area (Å²) in [6.07, 6.45) is -9.88. The second-order valence-corrected chi connectivity index (χ2v) is 5.12. The number of aliphatic hydroxyl groups is 1. The molecule has 2 rings (SSSR count). The Balaban J connectivity index is 2.44. The van der Waals surface area contributed by atoms with Crippen LogP contribution in [0.15, 0.2) is 18.2 Å². The third-order valence-corrected chi connectivity index (χ3v) is 3.59. The van der Waals surface area contributed by atoms with Gasteiger partial charge in [0.1, 0.15) is 18.2 Å². The van der Waals surface area contributed by atoms with E-state index in [1.165, 1.54) is 25.1 Å². The van der Waals surface area contributed by atoms with Crippen LogP contribution in [0, 0.1) is 11.3 Å². The number of aliphatic hydroxyl groups excluding tert-OH is 1. The largest absolute Gasteiger partial charge is 0.444 e. The van der Waals surface area contributed by atoms with E-state index in [0.29, 0.717) is 4.90 Å². The lowest BCUT2D eigenvalue weighted by molar-refractivity contribution is -0.212. The van der Waals surface area contributed by atoms with Gasteiger partial charge in [-0.3, -0.25) is 4.90 Å². The smallest absolute Gasteiger partial charge is 0.416 e. The fourth-order valence-electron chi connectivity index (χ4n) is 2.23. The van der Waals surface area contributed by atoms with Crippen LogP contribution < -0.4 is 4.90 Å². The Kier molecular flexibility index (Phi) is 4.22. The van der Waals surface area contributed by atoms with Crippen molar-refractivity contribution in [3.05, 3.63) is 28.8 Å². The van der Waals surface area contributed by atoms with Gasteiger partial charge in [-0.1, -0.05) is 11.6 Å². The maximum Gasteiger partial charge on any atom is 0.416 e. The predicted octanol–water partition coefficient (Wildman–Crippen LogP) is 2.85. The predicted molar refractivity (Wildman–Crippen MR) is 70.4 cm³/mol. The lowest BCUT2D eigenvalue weighted by Gasteiger charge is -2.29. The molecular weight excluding hydrogens is 325 g/mol. The molecule has 5 nitrogen and oxygen atoms in total. The molecule has 0 radical (unpaired) electrons. The van der Waals surface area contributed by atoms with Crippen molar-refractivity contribution in [2.75, 3.05) is 4.90 Å². The van der Waals surface area contributed by atoms with Crippen LogP contribution in [0.4, 0.5) is 23.7 Å². The Hall–Kier alpha value is -1.98. The van der Waals surface area contributed by atoms with Crippen LogP contribution in [0.2, 0.25) is 5.02 Å². The number of carbonyl (C=O) groups is 1. The Morgan fingerprint density at radius 1 is 1.50 bits per heavy atom. The molecule has 0 spiro atoms. The topological polar surface area (TPSA) is 73.6 Å². The van der Waals surface area contributed by atoms with Crippen molar-refractivity contribution in [2.24, 2.45) is 0 Å². The number of alkyl halides is 3. The van der Waals surface area contributed by atoms with Crippen LogP contribution in [-0.4, -0.2) is 35.6 Å². The standard InChI is InChI=1S/C13H10ClF3N2O3/c1-6-10(11(20)13(15,16)17)19(12(21)22-6)8-3-2-7(5-18)9(14)4-8/h2-4,6,10-11,20H,1H3/t6-,10-,11+/m1/s1. The second-order valence-electron chi connectivity index (χ2n) is 4.71. The van der Waals surface area contributed by atoms with Gasteiger partial charge in [0.05, 0.1) is 10.6 Å². The normalized spacial score (nSPS) is 23.1. The number of nitrogens with zero attached hydrogens (tertiary/aromatic N) is 2. The van der Waals surface area contributed by atoms with E-state index in [9.17, 15) is 23.1 Å². The van der Waals surface area contributed by atoms with Gasteiger partial charge in [0.15, 0.2) is 6.10 Å². The molecule has 1 fully saturated rings. The molecule has 1 aromatic carbocycles. The highest BCUT2D eigenvalue weighted by atomic mass is 35.5. The Bertz CT molecular complexity index is 644. The van der Waals surface area contributed by atoms with Gasteiger partial charge in [0, 0.05) is 5.69 Å². The van der Waals surface area contributed by atoms with Gasteiger partial charge in [-0.25, -0.2) is 4.79 Å². The molecule has 1 aliphatic heterocycles. The minimum Gasteiger partial charge on any atom is -0.444 e. The summed E-state index contributed by atoms with van der Waals surface area (Å²) in [4.78, 5) is 12.5. The van der Waals surface area contributed by atoms with E-state index in [-0.39, 0.29) is 16.3 Å². The van der Waals surface area contributed by atoms with E-state index in [1.807, 2.05) is 0 Å². The van der Waals surface area contributed by atoms with Crippen LogP contribution >= 0.6 is 11.6 Å². The molecule has 0 saturated carbocycles. The van der Waals surface area contributed by atoms with Crippen molar-refractivity contribution in [2.45, 2.75) is 31.3 Å². The first kappa shape index (κ1) is 16.4. The summed E-state index contributed by atoms with van der Waals surface area (Å²) >= 11 is 5.82. The van der Waals surface area contributed by atoms with Gasteiger partial charge >= 0.3 is 12.3 Å². The molecule has 1 heterocycles. The van der Waals surface area contributed by atoms with Crippen LogP contribution in [0.25, 0.3) is 0 Å². The number of hydrogen-bond acceptors (Lipinski definition) is 4. The number of benzene rings is 1. The van der Waals surface area contributed by atoms with E-state index < -0.39 is 30.5 Å². The third kappa shape index (κ3) is 2.82. The van der Waals surface area contributed by atoms with Gasteiger partial charge in [0.25, 0.3) is 0 Å². The lowest BCUT2D eigenvalue weighted by atomic mass is 10.0. The summed E-state index contributed by atoms with van der Waals surface area (Å²) in [5.41, 5.74) is 0.116. The first-order valence-corrected chi connectivity index (χ1v) is 6.49. The third-order valence-electron chi connectivity index (χ3n) is 3.27.